The monoisotopic (exact) mass is 287 g/mol. The molecule has 0 bridgehead atoms. The summed E-state index contributed by atoms with van der Waals surface area (Å²) in [5.41, 5.74) is -0.0154. The van der Waals surface area contributed by atoms with Crippen LogP contribution in [0.25, 0.3) is 0 Å². The van der Waals surface area contributed by atoms with Crippen molar-refractivity contribution in [2.24, 2.45) is 5.92 Å². The first kappa shape index (κ1) is 15.6. The molecule has 0 aliphatic carbocycles. The minimum Gasteiger partial charge on any atom is -0.325 e. The van der Waals surface area contributed by atoms with E-state index in [4.69, 9.17) is 0 Å². The van der Waals surface area contributed by atoms with E-state index in [9.17, 15) is 17.1 Å². The maximum Gasteiger partial charge on any atom is 0.334 e. The summed E-state index contributed by atoms with van der Waals surface area (Å²) in [5, 5.41) is 2.47. The van der Waals surface area contributed by atoms with Crippen molar-refractivity contribution in [2.75, 3.05) is 5.32 Å². The topological polar surface area (TPSA) is 63.2 Å². The number of carbonyl (C=O) groups is 1. The van der Waals surface area contributed by atoms with Crippen LogP contribution < -0.4 is 5.32 Å². The first-order chi connectivity index (χ1) is 8.86. The summed E-state index contributed by atoms with van der Waals surface area (Å²) in [7, 11) is -4.84. The number of anilines is 1. The molecule has 1 aromatic carbocycles. The molecule has 6 heteroatoms. The van der Waals surface area contributed by atoms with Crippen LogP contribution in [0.5, 0.6) is 0 Å². The summed E-state index contributed by atoms with van der Waals surface area (Å²) in [6.45, 7) is 3.78. The lowest BCUT2D eigenvalue weighted by Gasteiger charge is -2.13. The van der Waals surface area contributed by atoms with E-state index in [1.165, 1.54) is 12.1 Å². The zero-order chi connectivity index (χ0) is 14.5. The van der Waals surface area contributed by atoms with Gasteiger partial charge >= 0.3 is 10.2 Å². The van der Waals surface area contributed by atoms with E-state index >= 15 is 0 Å². The number of hydrogen-bond acceptors (Lipinski definition) is 3. The van der Waals surface area contributed by atoms with Gasteiger partial charge in [0.1, 0.15) is 4.90 Å². The lowest BCUT2D eigenvalue weighted by atomic mass is 10.0. The predicted octanol–water partition coefficient (Wildman–Crippen LogP) is 3.11. The average Bonchev–Trinajstić information content (AvgIpc) is 2.35. The highest BCUT2D eigenvalue weighted by atomic mass is 32.3. The molecule has 0 aromatic heterocycles. The number of amides is 1. The van der Waals surface area contributed by atoms with Crippen LogP contribution >= 0.6 is 0 Å². The van der Waals surface area contributed by atoms with E-state index < -0.39 is 15.1 Å². The molecule has 0 spiro atoms. The maximum atomic E-state index is 13.1. The van der Waals surface area contributed by atoms with Crippen LogP contribution in [0, 0.1) is 5.92 Å². The molecule has 0 saturated heterocycles. The van der Waals surface area contributed by atoms with Gasteiger partial charge in [0.15, 0.2) is 0 Å². The molecule has 1 aromatic rings. The Kier molecular flexibility index (Phi) is 5.47. The van der Waals surface area contributed by atoms with Crippen molar-refractivity contribution in [3.05, 3.63) is 24.3 Å². The molecular formula is C13H18FNO3S. The Morgan fingerprint density at radius 3 is 2.58 bits per heavy atom. The molecule has 4 nitrogen and oxygen atoms in total. The summed E-state index contributed by atoms with van der Waals surface area (Å²) in [4.78, 5) is 11.4. The summed E-state index contributed by atoms with van der Waals surface area (Å²) < 4.78 is 35.0. The Morgan fingerprint density at radius 1 is 1.37 bits per heavy atom. The first-order valence-electron chi connectivity index (χ1n) is 6.20. The van der Waals surface area contributed by atoms with E-state index in [1.807, 2.05) is 6.92 Å². The Labute approximate surface area is 113 Å². The lowest BCUT2D eigenvalue weighted by Crippen LogP contribution is -2.21. The van der Waals surface area contributed by atoms with Crippen molar-refractivity contribution in [1.29, 1.82) is 0 Å². The van der Waals surface area contributed by atoms with E-state index in [-0.39, 0.29) is 17.5 Å². The number of para-hydroxylation sites is 1. The first-order valence-corrected chi connectivity index (χ1v) is 7.59. The Bertz CT molecular complexity index is 543. The van der Waals surface area contributed by atoms with Crippen molar-refractivity contribution in [2.45, 2.75) is 38.0 Å². The predicted molar refractivity (Wildman–Crippen MR) is 72.1 cm³/mol. The number of halogens is 1. The third-order valence-corrected chi connectivity index (χ3v) is 3.73. The van der Waals surface area contributed by atoms with Gasteiger partial charge < -0.3 is 5.32 Å². The molecule has 0 heterocycles. The van der Waals surface area contributed by atoms with E-state index in [2.05, 4.69) is 5.32 Å². The van der Waals surface area contributed by atoms with Crippen LogP contribution in [-0.4, -0.2) is 14.3 Å². The van der Waals surface area contributed by atoms with Crippen LogP contribution in [-0.2, 0) is 15.0 Å². The minimum atomic E-state index is -4.84. The molecule has 0 fully saturated rings. The fourth-order valence-corrected chi connectivity index (χ4v) is 2.30. The van der Waals surface area contributed by atoms with Gasteiger partial charge in [-0.05, 0) is 18.6 Å². The molecule has 0 radical (unpaired) electrons. The Balaban J connectivity index is 2.86. The van der Waals surface area contributed by atoms with Gasteiger partial charge in [0, 0.05) is 5.92 Å². The molecule has 0 aliphatic rings. The van der Waals surface area contributed by atoms with E-state index in [1.54, 1.807) is 13.0 Å². The maximum absolute atomic E-state index is 13.1. The highest BCUT2D eigenvalue weighted by molar-refractivity contribution is 7.86. The molecule has 1 N–H and O–H groups in total. The summed E-state index contributed by atoms with van der Waals surface area (Å²) in [6.07, 6.45) is 2.61. The second-order valence-electron chi connectivity index (χ2n) is 4.47. The van der Waals surface area contributed by atoms with Crippen molar-refractivity contribution in [1.82, 2.24) is 0 Å². The molecule has 1 rings (SSSR count). The van der Waals surface area contributed by atoms with Crippen LogP contribution in [0.4, 0.5) is 9.57 Å². The van der Waals surface area contributed by atoms with Crippen molar-refractivity contribution in [3.63, 3.8) is 0 Å². The summed E-state index contributed by atoms with van der Waals surface area (Å²) in [6, 6.07) is 5.45. The minimum absolute atomic E-state index is 0.0154. The lowest BCUT2D eigenvalue weighted by molar-refractivity contribution is -0.119. The molecule has 1 atom stereocenters. The van der Waals surface area contributed by atoms with Crippen molar-refractivity contribution in [3.8, 4) is 0 Å². The molecule has 0 aliphatic heterocycles. The fourth-order valence-electron chi connectivity index (χ4n) is 1.68. The van der Waals surface area contributed by atoms with Crippen molar-refractivity contribution >= 4 is 21.8 Å². The van der Waals surface area contributed by atoms with Gasteiger partial charge in [0.25, 0.3) is 0 Å². The third kappa shape index (κ3) is 4.63. The number of nitrogens with one attached hydrogen (secondary N) is 1. The SMILES string of the molecule is CCCCC(C)C(=O)Nc1ccccc1S(=O)(=O)F. The van der Waals surface area contributed by atoms with Crippen LogP contribution in [0.3, 0.4) is 0 Å². The highest BCUT2D eigenvalue weighted by Gasteiger charge is 2.20. The van der Waals surface area contributed by atoms with Gasteiger partial charge in [-0.2, -0.15) is 8.42 Å². The second-order valence-corrected chi connectivity index (χ2v) is 5.78. The second kappa shape index (κ2) is 6.65. The van der Waals surface area contributed by atoms with Gasteiger partial charge in [0.05, 0.1) is 5.69 Å². The molecule has 19 heavy (non-hydrogen) atoms. The summed E-state index contributed by atoms with van der Waals surface area (Å²) >= 11 is 0. The normalized spacial score (nSPS) is 13.0. The zero-order valence-corrected chi connectivity index (χ0v) is 11.8. The number of unbranched alkanes of at least 4 members (excludes halogenated alkanes) is 1. The van der Waals surface area contributed by atoms with Gasteiger partial charge in [-0.1, -0.05) is 38.8 Å². The smallest absolute Gasteiger partial charge is 0.325 e. The molecule has 0 saturated carbocycles. The third-order valence-electron chi connectivity index (χ3n) is 2.85. The highest BCUT2D eigenvalue weighted by Crippen LogP contribution is 2.23. The molecule has 106 valence electrons. The number of benzene rings is 1. The van der Waals surface area contributed by atoms with Gasteiger partial charge in [-0.3, -0.25) is 4.79 Å². The number of rotatable bonds is 6. The number of carbonyl (C=O) groups excluding carboxylic acids is 1. The van der Waals surface area contributed by atoms with E-state index in [0.29, 0.717) is 6.42 Å². The quantitative estimate of drug-likeness (QED) is 0.818. The summed E-state index contributed by atoms with van der Waals surface area (Å²) in [5.74, 6) is -0.542. The Hall–Kier alpha value is -1.43. The molecule has 1 unspecified atom stereocenters. The van der Waals surface area contributed by atoms with Gasteiger partial charge in [-0.25, -0.2) is 0 Å². The van der Waals surface area contributed by atoms with Gasteiger partial charge in [0.2, 0.25) is 5.91 Å². The average molecular weight is 287 g/mol. The molecular weight excluding hydrogens is 269 g/mol. The number of hydrogen-bond donors (Lipinski definition) is 1. The molecule has 1 amide bonds. The zero-order valence-electron chi connectivity index (χ0n) is 11.0. The van der Waals surface area contributed by atoms with Gasteiger partial charge in [-0.15, -0.1) is 3.89 Å². The van der Waals surface area contributed by atoms with E-state index in [0.717, 1.165) is 18.9 Å². The van der Waals surface area contributed by atoms with Crippen LogP contribution in [0.2, 0.25) is 0 Å². The fraction of sp³-hybridized carbons (Fsp3) is 0.462. The standard InChI is InChI=1S/C13H18FNO3S/c1-3-4-7-10(2)13(16)15-11-8-5-6-9-12(11)19(14,17)18/h5-6,8-10H,3-4,7H2,1-2H3,(H,15,16). The van der Waals surface area contributed by atoms with Crippen LogP contribution in [0.1, 0.15) is 33.1 Å². The van der Waals surface area contributed by atoms with Crippen molar-refractivity contribution < 1.29 is 17.1 Å². The Morgan fingerprint density at radius 2 is 2.00 bits per heavy atom. The largest absolute Gasteiger partial charge is 0.334 e. The van der Waals surface area contributed by atoms with Crippen LogP contribution in [0.15, 0.2) is 29.2 Å².